The fraction of sp³-hybridized carbons (Fsp3) is 0.562. The van der Waals surface area contributed by atoms with Gasteiger partial charge in [-0.25, -0.2) is 0 Å². The van der Waals surface area contributed by atoms with Gasteiger partial charge in [0, 0.05) is 31.5 Å². The molecule has 2 saturated heterocycles. The van der Waals surface area contributed by atoms with E-state index < -0.39 is 5.79 Å². The summed E-state index contributed by atoms with van der Waals surface area (Å²) in [7, 11) is 0. The molecule has 1 aromatic carbocycles. The summed E-state index contributed by atoms with van der Waals surface area (Å²) in [6.45, 7) is 4.97. The summed E-state index contributed by atoms with van der Waals surface area (Å²) in [5.41, 5.74) is 1.93. The molecule has 0 aromatic heterocycles. The molecular weight excluding hydrogens is 254 g/mol. The predicted octanol–water partition coefficient (Wildman–Crippen LogP) is 2.36. The zero-order valence-corrected chi connectivity index (χ0v) is 11.9. The minimum absolute atomic E-state index is 0.107. The van der Waals surface area contributed by atoms with Crippen LogP contribution in [0.2, 0.25) is 0 Å². The second-order valence-corrected chi connectivity index (χ2v) is 5.62. The highest BCUT2D eigenvalue weighted by Gasteiger charge is 2.39. The second kappa shape index (κ2) is 5.54. The van der Waals surface area contributed by atoms with Gasteiger partial charge < -0.3 is 14.4 Å². The van der Waals surface area contributed by atoms with Gasteiger partial charge in [-0.2, -0.15) is 0 Å². The molecule has 3 rings (SSSR count). The van der Waals surface area contributed by atoms with Gasteiger partial charge >= 0.3 is 0 Å². The molecule has 1 amide bonds. The number of nitrogens with zero attached hydrogens (tertiary/aromatic N) is 1. The largest absolute Gasteiger partial charge is 0.350 e. The summed E-state index contributed by atoms with van der Waals surface area (Å²) in [6, 6.07) is 7.75. The summed E-state index contributed by atoms with van der Waals surface area (Å²) in [6.07, 6.45) is 2.50. The van der Waals surface area contributed by atoms with Crippen LogP contribution >= 0.6 is 0 Å². The Bertz CT molecular complexity index is 467. The van der Waals surface area contributed by atoms with Crippen LogP contribution in [-0.2, 0) is 9.47 Å². The fourth-order valence-electron chi connectivity index (χ4n) is 2.83. The first-order chi connectivity index (χ1) is 9.69. The predicted molar refractivity (Wildman–Crippen MR) is 75.6 cm³/mol. The topological polar surface area (TPSA) is 38.8 Å². The molecule has 0 saturated carbocycles. The van der Waals surface area contributed by atoms with Crippen molar-refractivity contribution < 1.29 is 14.3 Å². The van der Waals surface area contributed by atoms with Crippen molar-refractivity contribution in [2.75, 3.05) is 26.3 Å². The first-order valence-electron chi connectivity index (χ1n) is 7.32. The molecule has 0 aliphatic carbocycles. The Morgan fingerprint density at radius 1 is 1.10 bits per heavy atom. The molecule has 2 aliphatic rings. The van der Waals surface area contributed by atoms with Crippen LogP contribution in [0.3, 0.4) is 0 Å². The highest BCUT2D eigenvalue weighted by molar-refractivity contribution is 5.94. The zero-order valence-electron chi connectivity index (χ0n) is 11.9. The van der Waals surface area contributed by atoms with E-state index in [0.717, 1.165) is 38.0 Å². The molecule has 4 nitrogen and oxygen atoms in total. The Balaban J connectivity index is 1.62. The Morgan fingerprint density at radius 3 is 2.30 bits per heavy atom. The maximum absolute atomic E-state index is 12.4. The van der Waals surface area contributed by atoms with Crippen molar-refractivity contribution in [2.45, 2.75) is 32.0 Å². The van der Waals surface area contributed by atoms with Crippen LogP contribution < -0.4 is 0 Å². The molecule has 4 heteroatoms. The zero-order chi connectivity index (χ0) is 14.0. The van der Waals surface area contributed by atoms with Gasteiger partial charge in [0.15, 0.2) is 5.79 Å². The Kier molecular flexibility index (Phi) is 3.76. The lowest BCUT2D eigenvalue weighted by atomic mass is 10.0. The molecule has 0 atom stereocenters. The Morgan fingerprint density at radius 2 is 1.70 bits per heavy atom. The minimum atomic E-state index is -0.428. The fourth-order valence-corrected chi connectivity index (χ4v) is 2.83. The number of likely N-dealkylation sites (tertiary alicyclic amines) is 1. The van der Waals surface area contributed by atoms with E-state index in [2.05, 4.69) is 0 Å². The monoisotopic (exact) mass is 275 g/mol. The molecule has 1 spiro atoms. The van der Waals surface area contributed by atoms with Crippen LogP contribution in [0.25, 0.3) is 0 Å². The SMILES string of the molecule is Cc1ccc(C(=O)N2CCC3(CC2)OCCCO3)cc1. The standard InChI is InChI=1S/C16H21NO3/c1-13-3-5-14(6-4-13)15(18)17-9-7-16(8-10-17)19-11-2-12-20-16/h3-6H,2,7-12H2,1H3. The summed E-state index contributed by atoms with van der Waals surface area (Å²) in [5, 5.41) is 0. The average Bonchev–Trinajstić information content (AvgIpc) is 2.49. The maximum atomic E-state index is 12.4. The number of piperidine rings is 1. The number of rotatable bonds is 1. The summed E-state index contributed by atoms with van der Waals surface area (Å²) >= 11 is 0. The van der Waals surface area contributed by atoms with E-state index in [4.69, 9.17) is 9.47 Å². The summed E-state index contributed by atoms with van der Waals surface area (Å²) in [4.78, 5) is 14.3. The molecule has 1 aromatic rings. The number of hydrogen-bond donors (Lipinski definition) is 0. The van der Waals surface area contributed by atoms with E-state index in [9.17, 15) is 4.79 Å². The van der Waals surface area contributed by atoms with Gasteiger partial charge in [-0.15, -0.1) is 0 Å². The molecular formula is C16H21NO3. The molecule has 108 valence electrons. The van der Waals surface area contributed by atoms with Crippen molar-refractivity contribution in [3.63, 3.8) is 0 Å². The van der Waals surface area contributed by atoms with Crippen LogP contribution in [0.15, 0.2) is 24.3 Å². The number of benzene rings is 1. The quantitative estimate of drug-likeness (QED) is 0.790. The van der Waals surface area contributed by atoms with Crippen molar-refractivity contribution in [2.24, 2.45) is 0 Å². The van der Waals surface area contributed by atoms with Crippen molar-refractivity contribution in [3.8, 4) is 0 Å². The van der Waals surface area contributed by atoms with Crippen molar-refractivity contribution in [1.82, 2.24) is 4.90 Å². The van der Waals surface area contributed by atoms with E-state index in [1.807, 2.05) is 36.1 Å². The van der Waals surface area contributed by atoms with E-state index in [1.165, 1.54) is 5.56 Å². The molecule has 0 N–H and O–H groups in total. The van der Waals surface area contributed by atoms with E-state index in [0.29, 0.717) is 13.1 Å². The maximum Gasteiger partial charge on any atom is 0.253 e. The smallest absolute Gasteiger partial charge is 0.253 e. The molecule has 2 heterocycles. The van der Waals surface area contributed by atoms with Gasteiger partial charge in [0.2, 0.25) is 0 Å². The highest BCUT2D eigenvalue weighted by atomic mass is 16.7. The van der Waals surface area contributed by atoms with Crippen LogP contribution in [-0.4, -0.2) is 42.9 Å². The van der Waals surface area contributed by atoms with Crippen LogP contribution in [0.4, 0.5) is 0 Å². The van der Waals surface area contributed by atoms with Crippen molar-refractivity contribution >= 4 is 5.91 Å². The Labute approximate surface area is 119 Å². The Hall–Kier alpha value is -1.39. The third-order valence-corrected chi connectivity index (χ3v) is 4.13. The van der Waals surface area contributed by atoms with Gasteiger partial charge in [0.25, 0.3) is 5.91 Å². The van der Waals surface area contributed by atoms with Gasteiger partial charge in [0.05, 0.1) is 13.2 Å². The van der Waals surface area contributed by atoms with Gasteiger partial charge in [-0.05, 0) is 25.5 Å². The van der Waals surface area contributed by atoms with Gasteiger partial charge in [0.1, 0.15) is 0 Å². The van der Waals surface area contributed by atoms with E-state index in [1.54, 1.807) is 0 Å². The summed E-state index contributed by atoms with van der Waals surface area (Å²) < 4.78 is 11.6. The van der Waals surface area contributed by atoms with Crippen molar-refractivity contribution in [1.29, 1.82) is 0 Å². The molecule has 0 unspecified atom stereocenters. The molecule has 20 heavy (non-hydrogen) atoms. The first kappa shape index (κ1) is 13.6. The van der Waals surface area contributed by atoms with Crippen LogP contribution in [0, 0.1) is 6.92 Å². The number of ether oxygens (including phenoxy) is 2. The number of carbonyl (C=O) groups excluding carboxylic acids is 1. The lowest BCUT2D eigenvalue weighted by Gasteiger charge is -2.43. The number of carbonyl (C=O) groups is 1. The average molecular weight is 275 g/mol. The molecule has 2 aliphatic heterocycles. The normalized spacial score (nSPS) is 21.9. The number of amides is 1. The molecule has 0 bridgehead atoms. The molecule has 0 radical (unpaired) electrons. The number of hydrogen-bond acceptors (Lipinski definition) is 3. The summed E-state index contributed by atoms with van der Waals surface area (Å²) in [5.74, 6) is -0.321. The third kappa shape index (κ3) is 2.72. The lowest BCUT2D eigenvalue weighted by Crippen LogP contribution is -2.51. The van der Waals surface area contributed by atoms with E-state index >= 15 is 0 Å². The minimum Gasteiger partial charge on any atom is -0.350 e. The van der Waals surface area contributed by atoms with Crippen LogP contribution in [0.5, 0.6) is 0 Å². The van der Waals surface area contributed by atoms with Gasteiger partial charge in [-0.1, -0.05) is 17.7 Å². The highest BCUT2D eigenvalue weighted by Crippen LogP contribution is 2.31. The number of aryl methyl sites for hydroxylation is 1. The first-order valence-corrected chi connectivity index (χ1v) is 7.32. The van der Waals surface area contributed by atoms with Crippen molar-refractivity contribution in [3.05, 3.63) is 35.4 Å². The lowest BCUT2D eigenvalue weighted by molar-refractivity contribution is -0.281. The van der Waals surface area contributed by atoms with E-state index in [-0.39, 0.29) is 5.91 Å². The molecule has 2 fully saturated rings. The van der Waals surface area contributed by atoms with Gasteiger partial charge in [-0.3, -0.25) is 4.79 Å². The van der Waals surface area contributed by atoms with Crippen LogP contribution in [0.1, 0.15) is 35.2 Å². The second-order valence-electron chi connectivity index (χ2n) is 5.62. The third-order valence-electron chi connectivity index (χ3n) is 4.13.